The fraction of sp³-hybridized carbons (Fsp3) is 0.714. The summed E-state index contributed by atoms with van der Waals surface area (Å²) in [4.78, 5) is 0. The van der Waals surface area contributed by atoms with Crippen LogP contribution in [0.1, 0.15) is 61.3 Å². The molecule has 0 saturated heterocycles. The Balaban J connectivity index is 5.00. The van der Waals surface area contributed by atoms with Gasteiger partial charge in [-0.3, -0.25) is 0 Å². The lowest BCUT2D eigenvalue weighted by Crippen LogP contribution is -2.40. The van der Waals surface area contributed by atoms with Crippen LogP contribution in [-0.2, 0) is 4.43 Å². The van der Waals surface area contributed by atoms with Gasteiger partial charge < -0.3 is 9.53 Å². The predicted octanol–water partition coefficient (Wildman–Crippen LogP) is 6.25. The van der Waals surface area contributed by atoms with E-state index < -0.39 is 14.4 Å². The highest BCUT2D eigenvalue weighted by Gasteiger charge is 2.31. The molecule has 24 heavy (non-hydrogen) atoms. The summed E-state index contributed by atoms with van der Waals surface area (Å²) in [5.41, 5.74) is 3.13. The lowest BCUT2D eigenvalue weighted by atomic mass is 9.92. The zero-order valence-corrected chi connectivity index (χ0v) is 18.1. The van der Waals surface area contributed by atoms with Gasteiger partial charge in [-0.2, -0.15) is 0 Å². The van der Waals surface area contributed by atoms with Gasteiger partial charge in [0.15, 0.2) is 8.32 Å². The minimum atomic E-state index is -1.60. The van der Waals surface area contributed by atoms with Gasteiger partial charge in [0.1, 0.15) is 0 Å². The second kappa shape index (κ2) is 11.1. The Hall–Kier alpha value is -0.643. The minimum absolute atomic E-state index is 0.135. The highest BCUT2D eigenvalue weighted by molar-refractivity contribution is 6.73. The van der Waals surface area contributed by atoms with Crippen LogP contribution in [0.25, 0.3) is 0 Å². The summed E-state index contributed by atoms with van der Waals surface area (Å²) in [5, 5.41) is 10.1. The third-order valence-corrected chi connectivity index (χ3v) is 9.91. The smallest absolute Gasteiger partial charge is 0.192 e. The van der Waals surface area contributed by atoms with Crippen LogP contribution in [-0.4, -0.2) is 25.6 Å². The van der Waals surface area contributed by atoms with Gasteiger partial charge in [0, 0.05) is 0 Å². The quantitative estimate of drug-likeness (QED) is 0.255. The van der Waals surface area contributed by atoms with E-state index in [1.54, 1.807) is 0 Å². The van der Waals surface area contributed by atoms with E-state index in [1.165, 1.54) is 23.7 Å². The van der Waals surface area contributed by atoms with Crippen LogP contribution in [0.3, 0.4) is 0 Å². The molecule has 0 spiro atoms. The fourth-order valence-electron chi connectivity index (χ4n) is 3.28. The summed E-state index contributed by atoms with van der Waals surface area (Å²) in [6, 6.07) is 3.52. The van der Waals surface area contributed by atoms with E-state index in [4.69, 9.17) is 4.43 Å². The number of hydrogen-bond acceptors (Lipinski definition) is 2. The Morgan fingerprint density at radius 1 is 1.08 bits per heavy atom. The summed E-state index contributed by atoms with van der Waals surface area (Å²) < 4.78 is 6.65. The zero-order valence-electron chi connectivity index (χ0n) is 17.1. The molecule has 0 rings (SSSR count). The lowest BCUT2D eigenvalue weighted by Gasteiger charge is -2.33. The summed E-state index contributed by atoms with van der Waals surface area (Å²) >= 11 is 0. The molecule has 0 aliphatic rings. The van der Waals surface area contributed by atoms with Crippen molar-refractivity contribution in [3.8, 4) is 0 Å². The molecule has 3 heteroatoms. The number of aliphatic hydroxyl groups is 1. The molecule has 0 unspecified atom stereocenters. The monoisotopic (exact) mass is 352 g/mol. The molecule has 0 radical (unpaired) electrons. The molecule has 1 N–H and O–H groups in total. The van der Waals surface area contributed by atoms with Gasteiger partial charge in [-0.05, 0) is 56.3 Å². The molecule has 2 nitrogen and oxygen atoms in total. The van der Waals surface area contributed by atoms with Crippen molar-refractivity contribution < 1.29 is 9.53 Å². The molecule has 0 aliphatic heterocycles. The number of hydrogen-bond donors (Lipinski definition) is 1. The molecular weight excluding hydrogens is 312 g/mol. The third kappa shape index (κ3) is 7.08. The van der Waals surface area contributed by atoms with Crippen LogP contribution >= 0.6 is 0 Å². The van der Waals surface area contributed by atoms with Gasteiger partial charge in [0.25, 0.3) is 0 Å². The highest BCUT2D eigenvalue weighted by Crippen LogP contribution is 2.28. The van der Waals surface area contributed by atoms with Gasteiger partial charge in [-0.15, -0.1) is 0 Å². The Morgan fingerprint density at radius 2 is 1.58 bits per heavy atom. The van der Waals surface area contributed by atoms with E-state index in [-0.39, 0.29) is 12.0 Å². The Labute approximate surface area is 151 Å². The maximum absolute atomic E-state index is 10.1. The van der Waals surface area contributed by atoms with Crippen LogP contribution in [0.2, 0.25) is 18.1 Å². The lowest BCUT2D eigenvalue weighted by molar-refractivity contribution is 0.151. The normalized spacial score (nSPS) is 16.6. The van der Waals surface area contributed by atoms with Crippen LogP contribution in [0.15, 0.2) is 36.0 Å². The molecule has 0 amide bonds. The van der Waals surface area contributed by atoms with Gasteiger partial charge in [-0.25, -0.2) is 0 Å². The first kappa shape index (κ1) is 23.4. The van der Waals surface area contributed by atoms with Crippen molar-refractivity contribution in [3.63, 3.8) is 0 Å². The van der Waals surface area contributed by atoms with Crippen molar-refractivity contribution in [2.75, 3.05) is 0 Å². The largest absolute Gasteiger partial charge is 0.410 e. The molecule has 140 valence electrons. The molecular formula is C21H40O2Si. The van der Waals surface area contributed by atoms with Crippen LogP contribution in [0.5, 0.6) is 0 Å². The van der Waals surface area contributed by atoms with E-state index in [9.17, 15) is 5.11 Å². The first-order valence-electron chi connectivity index (χ1n) is 9.53. The second-order valence-electron chi connectivity index (χ2n) is 7.28. The molecule has 0 heterocycles. The molecule has 0 aromatic heterocycles. The average Bonchev–Trinajstić information content (AvgIpc) is 2.55. The van der Waals surface area contributed by atoms with Gasteiger partial charge in [0.05, 0.1) is 12.2 Å². The maximum atomic E-state index is 10.1. The van der Waals surface area contributed by atoms with E-state index in [0.29, 0.717) is 0 Å². The summed E-state index contributed by atoms with van der Waals surface area (Å²) in [5.74, 6) is 0.135. The Kier molecular flexibility index (Phi) is 10.8. The van der Waals surface area contributed by atoms with Gasteiger partial charge in [-0.1, -0.05) is 65.0 Å². The van der Waals surface area contributed by atoms with Crippen molar-refractivity contribution in [2.45, 2.75) is 91.6 Å². The predicted molar refractivity (Wildman–Crippen MR) is 110 cm³/mol. The fourth-order valence-corrected chi connectivity index (χ4v) is 6.24. The topological polar surface area (TPSA) is 29.5 Å². The molecule has 0 aromatic rings. The van der Waals surface area contributed by atoms with Crippen molar-refractivity contribution in [3.05, 3.63) is 36.0 Å². The summed E-state index contributed by atoms with van der Waals surface area (Å²) in [6.07, 6.45) is 3.66. The number of allylic oxidation sites excluding steroid dienone is 2. The highest BCUT2D eigenvalue weighted by atomic mass is 28.4. The molecule has 0 aromatic carbocycles. The van der Waals surface area contributed by atoms with E-state index in [1.807, 2.05) is 13.8 Å². The van der Waals surface area contributed by atoms with Crippen LogP contribution in [0.4, 0.5) is 0 Å². The van der Waals surface area contributed by atoms with E-state index in [2.05, 4.69) is 53.9 Å². The van der Waals surface area contributed by atoms with Gasteiger partial charge >= 0.3 is 0 Å². The van der Waals surface area contributed by atoms with Crippen molar-refractivity contribution >= 4 is 8.32 Å². The van der Waals surface area contributed by atoms with Crippen molar-refractivity contribution in [1.29, 1.82) is 0 Å². The van der Waals surface area contributed by atoms with Crippen LogP contribution in [0, 0.1) is 5.92 Å². The average molecular weight is 353 g/mol. The van der Waals surface area contributed by atoms with Crippen molar-refractivity contribution in [1.82, 2.24) is 0 Å². The molecule has 0 aliphatic carbocycles. The molecule has 0 fully saturated rings. The maximum Gasteiger partial charge on any atom is 0.192 e. The first-order chi connectivity index (χ1) is 11.2. The zero-order chi connectivity index (χ0) is 18.9. The standard InChI is InChI=1S/C21H40O2Si/c1-10-20(23-24(11-2,12-3)13-4)18(8)14-17(7)15-19(9)21(22)16(5)6/h14,19-22H,5,7,10-13,15H2,1-4,6,8-9H3/b18-14+/t19-,20-,21-/m0/s1. The Bertz CT molecular complexity index is 427. The van der Waals surface area contributed by atoms with Crippen LogP contribution < -0.4 is 0 Å². The first-order valence-corrected chi connectivity index (χ1v) is 12.1. The van der Waals surface area contributed by atoms with Crippen molar-refractivity contribution in [2.24, 2.45) is 5.92 Å². The van der Waals surface area contributed by atoms with E-state index in [0.717, 1.165) is 24.0 Å². The van der Waals surface area contributed by atoms with Gasteiger partial charge in [0.2, 0.25) is 0 Å². The molecule has 0 saturated carbocycles. The Morgan fingerprint density at radius 3 is 1.96 bits per heavy atom. The minimum Gasteiger partial charge on any atom is -0.410 e. The SMILES string of the molecule is C=C(/C=C(\C)[C@H](CC)O[Si](CC)(CC)CC)C[C@H](C)[C@@H](O)C(=C)C. The third-order valence-electron chi connectivity index (χ3n) is 5.26. The van der Waals surface area contributed by atoms with E-state index >= 15 is 0 Å². The molecule has 3 atom stereocenters. The number of aliphatic hydroxyl groups excluding tert-OH is 1. The second-order valence-corrected chi connectivity index (χ2v) is 12.0. The molecule has 0 bridgehead atoms. The number of rotatable bonds is 12. The summed E-state index contributed by atoms with van der Waals surface area (Å²) in [7, 11) is -1.60. The summed E-state index contributed by atoms with van der Waals surface area (Å²) in [6.45, 7) is 23.1.